The van der Waals surface area contributed by atoms with Gasteiger partial charge in [0, 0.05) is 6.20 Å². The second kappa shape index (κ2) is 6.65. The Labute approximate surface area is 57.7 Å². The van der Waals surface area contributed by atoms with E-state index in [2.05, 4.69) is 17.3 Å². The van der Waals surface area contributed by atoms with Gasteiger partial charge in [-0.05, 0) is 23.4 Å². The first kappa shape index (κ1) is 7.65. The summed E-state index contributed by atoms with van der Waals surface area (Å²) in [5, 5.41) is 1.99. The molecule has 4 heteroatoms. The molecule has 0 atom stereocenters. The maximum absolute atomic E-state index is 7.83. The van der Waals surface area contributed by atoms with Crippen molar-refractivity contribution < 1.29 is 4.21 Å². The molecule has 0 amide bonds. The summed E-state index contributed by atoms with van der Waals surface area (Å²) in [7, 11) is 0. The average Bonchev–Trinajstić information content (AvgIpc) is 1.96. The fourth-order valence-electron chi connectivity index (χ4n) is 0.258. The number of hydrogen-bond acceptors (Lipinski definition) is 4. The number of allylic oxidation sites excluding steroid dienone is 2. The van der Waals surface area contributed by atoms with E-state index in [1.165, 1.54) is 0 Å². The first-order valence-electron chi connectivity index (χ1n) is 1.90. The highest BCUT2D eigenvalue weighted by Crippen LogP contribution is 1.98. The van der Waals surface area contributed by atoms with Crippen molar-refractivity contribution in [2.24, 2.45) is 0 Å². The zero-order valence-electron chi connectivity index (χ0n) is 4.03. The lowest BCUT2D eigenvalue weighted by Crippen LogP contribution is -1.88. The normalized spacial score (nSPS) is 13.5. The van der Waals surface area contributed by atoms with Gasteiger partial charge < -0.3 is 4.72 Å². The molecule has 1 N–H and O–H groups in total. The molecule has 0 aromatic carbocycles. The van der Waals surface area contributed by atoms with Gasteiger partial charge >= 0.3 is 0 Å². The summed E-state index contributed by atoms with van der Waals surface area (Å²) >= 11 is 4.41. The lowest BCUT2D eigenvalue weighted by atomic mass is 10.6. The van der Waals surface area contributed by atoms with E-state index in [1.54, 1.807) is 11.9 Å². The van der Waals surface area contributed by atoms with Gasteiger partial charge in [-0.25, -0.2) is 0 Å². The predicted molar refractivity (Wildman–Crippen MR) is 37.1 cm³/mol. The van der Waals surface area contributed by atoms with Crippen molar-refractivity contribution in [3.63, 3.8) is 0 Å². The van der Waals surface area contributed by atoms with Crippen LogP contribution in [0.15, 0.2) is 23.8 Å². The van der Waals surface area contributed by atoms with Gasteiger partial charge in [0.25, 0.3) is 0 Å². The Morgan fingerprint density at radius 2 is 2.12 bits per heavy atom. The molecule has 44 valence electrons. The predicted octanol–water partition coefficient (Wildman–Crippen LogP) is 0.929. The van der Waals surface area contributed by atoms with Crippen LogP contribution in [-0.4, -0.2) is 4.21 Å². The van der Waals surface area contributed by atoms with Crippen LogP contribution < -0.4 is 4.72 Å². The molecular formula is C4H5NOS2. The summed E-state index contributed by atoms with van der Waals surface area (Å²) in [5.41, 5.74) is 0. The molecule has 0 aliphatic carbocycles. The lowest BCUT2D eigenvalue weighted by Gasteiger charge is -1.93. The molecule has 2 nitrogen and oxygen atoms in total. The molecule has 1 aliphatic rings. The van der Waals surface area contributed by atoms with Crippen molar-refractivity contribution >= 4 is 24.5 Å². The zero-order valence-corrected chi connectivity index (χ0v) is 5.67. The maximum Gasteiger partial charge on any atom is 0.197 e. The minimum Gasteiger partial charge on any atom is -0.333 e. The van der Waals surface area contributed by atoms with Gasteiger partial charge in [0.1, 0.15) is 0 Å². The summed E-state index contributed by atoms with van der Waals surface area (Å²) in [6.07, 6.45) is 5.84. The van der Waals surface area contributed by atoms with E-state index in [0.717, 1.165) is 0 Å². The second-order valence-corrected chi connectivity index (χ2v) is 1.67. The molecule has 0 bridgehead atoms. The van der Waals surface area contributed by atoms with E-state index in [4.69, 9.17) is 4.21 Å². The van der Waals surface area contributed by atoms with Crippen molar-refractivity contribution in [1.29, 1.82) is 0 Å². The van der Waals surface area contributed by atoms with Crippen LogP contribution in [0.25, 0.3) is 0 Å². The van der Waals surface area contributed by atoms with Crippen molar-refractivity contribution in [1.82, 2.24) is 4.72 Å². The van der Waals surface area contributed by atoms with Gasteiger partial charge in [0.15, 0.2) is 12.5 Å². The fourth-order valence-corrected chi connectivity index (χ4v) is 0.663. The SMILES string of the molecule is C1=CNSC=C1.O=S. The van der Waals surface area contributed by atoms with Crippen molar-refractivity contribution in [2.75, 3.05) is 0 Å². The van der Waals surface area contributed by atoms with Crippen LogP contribution in [0.1, 0.15) is 0 Å². The van der Waals surface area contributed by atoms with Gasteiger partial charge in [0.2, 0.25) is 0 Å². The lowest BCUT2D eigenvalue weighted by molar-refractivity contribution is 0.702. The van der Waals surface area contributed by atoms with Gasteiger partial charge in [0.05, 0.1) is 0 Å². The van der Waals surface area contributed by atoms with Crippen LogP contribution in [0.2, 0.25) is 0 Å². The largest absolute Gasteiger partial charge is 0.333 e. The number of hydrogen-bond donors (Lipinski definition) is 1. The Balaban J connectivity index is 0.000000222. The Morgan fingerprint density at radius 3 is 2.25 bits per heavy atom. The Morgan fingerprint density at radius 1 is 1.38 bits per heavy atom. The minimum atomic E-state index is 1.58. The molecular weight excluding hydrogens is 142 g/mol. The van der Waals surface area contributed by atoms with Crippen molar-refractivity contribution in [2.45, 2.75) is 0 Å². The monoisotopic (exact) mass is 147 g/mol. The van der Waals surface area contributed by atoms with Crippen LogP contribution in [0.4, 0.5) is 0 Å². The molecule has 0 aromatic heterocycles. The van der Waals surface area contributed by atoms with Gasteiger partial charge in [-0.1, -0.05) is 6.08 Å². The molecule has 0 unspecified atom stereocenters. The Kier molecular flexibility index (Phi) is 6.36. The highest BCUT2D eigenvalue weighted by molar-refractivity contribution is 8.00. The molecule has 1 rings (SSSR count). The van der Waals surface area contributed by atoms with E-state index in [9.17, 15) is 0 Å². The van der Waals surface area contributed by atoms with E-state index < -0.39 is 0 Å². The molecule has 0 saturated heterocycles. The number of rotatable bonds is 0. The van der Waals surface area contributed by atoms with E-state index in [-0.39, 0.29) is 0 Å². The summed E-state index contributed by atoms with van der Waals surface area (Å²) in [5.74, 6) is 0. The third-order valence-electron chi connectivity index (χ3n) is 0.490. The molecule has 1 aliphatic heterocycles. The molecule has 0 saturated carbocycles. The maximum atomic E-state index is 7.83. The summed E-state index contributed by atoms with van der Waals surface area (Å²) in [4.78, 5) is 0. The van der Waals surface area contributed by atoms with E-state index >= 15 is 0 Å². The van der Waals surface area contributed by atoms with Crippen LogP contribution in [-0.2, 0) is 12.5 Å². The topological polar surface area (TPSA) is 29.1 Å². The van der Waals surface area contributed by atoms with Crippen LogP contribution in [0, 0.1) is 0 Å². The van der Waals surface area contributed by atoms with Crippen LogP contribution in [0.5, 0.6) is 0 Å². The fraction of sp³-hybridized carbons (Fsp3) is 0. The summed E-state index contributed by atoms with van der Waals surface area (Å²) in [6, 6.07) is 0. The van der Waals surface area contributed by atoms with Gasteiger partial charge in [-0.15, -0.1) is 0 Å². The van der Waals surface area contributed by atoms with Crippen LogP contribution >= 0.6 is 11.9 Å². The second-order valence-electron chi connectivity index (χ2n) is 0.923. The molecule has 0 aromatic rings. The zero-order chi connectivity index (χ0) is 6.24. The van der Waals surface area contributed by atoms with Crippen molar-refractivity contribution in [3.8, 4) is 0 Å². The smallest absolute Gasteiger partial charge is 0.197 e. The van der Waals surface area contributed by atoms with Gasteiger partial charge in [-0.2, -0.15) is 4.21 Å². The Bertz CT molecular complexity index is 90.2. The summed E-state index contributed by atoms with van der Waals surface area (Å²) < 4.78 is 10.8. The van der Waals surface area contributed by atoms with Crippen LogP contribution in [0.3, 0.4) is 0 Å². The quantitative estimate of drug-likeness (QED) is 0.516. The third-order valence-corrected chi connectivity index (χ3v) is 1.06. The average molecular weight is 147 g/mol. The van der Waals surface area contributed by atoms with E-state index in [1.807, 2.05) is 23.8 Å². The minimum absolute atomic E-state index is 1.58. The highest BCUT2D eigenvalue weighted by atomic mass is 32.2. The first-order chi connectivity index (χ1) is 4.00. The molecule has 8 heavy (non-hydrogen) atoms. The van der Waals surface area contributed by atoms with Crippen molar-refractivity contribution in [3.05, 3.63) is 23.8 Å². The highest BCUT2D eigenvalue weighted by Gasteiger charge is 1.74. The molecule has 1 heterocycles. The Hall–Kier alpha value is -0.350. The molecule has 0 radical (unpaired) electrons. The molecule has 0 fully saturated rings. The first-order valence-corrected chi connectivity index (χ1v) is 3.11. The number of nitrogens with one attached hydrogen (secondary N) is 1. The summed E-state index contributed by atoms with van der Waals surface area (Å²) in [6.45, 7) is 0. The standard InChI is InChI=1S/C4H5NS.OS/c1-2-4-6-5-3-1;1-2/h1-5H;. The molecule has 0 spiro atoms. The van der Waals surface area contributed by atoms with Gasteiger partial charge in [-0.3, -0.25) is 0 Å². The third kappa shape index (κ3) is 3.83. The van der Waals surface area contributed by atoms with E-state index in [0.29, 0.717) is 0 Å².